The molecule has 0 N–H and O–H groups in total. The van der Waals surface area contributed by atoms with Crippen molar-refractivity contribution in [2.75, 3.05) is 11.3 Å². The lowest BCUT2D eigenvalue weighted by molar-refractivity contribution is -0.249. The Labute approximate surface area is 194 Å². The van der Waals surface area contributed by atoms with Crippen LogP contribution in [0, 0.1) is 5.82 Å². The third kappa shape index (κ3) is 4.46. The first kappa shape index (κ1) is 24.0. The number of para-hydroxylation sites is 1. The summed E-state index contributed by atoms with van der Waals surface area (Å²) in [6.07, 6.45) is -5.01. The van der Waals surface area contributed by atoms with Crippen molar-refractivity contribution in [3.05, 3.63) is 84.2 Å². The zero-order chi connectivity index (χ0) is 24.7. The molecular weight excluding hydrogens is 478 g/mol. The second-order valence-electron chi connectivity index (χ2n) is 7.74. The minimum Gasteiger partial charge on any atom is -0.255 e. The third-order valence-electron chi connectivity index (χ3n) is 5.52. The number of hydrogen-bond donors (Lipinski definition) is 0. The van der Waals surface area contributed by atoms with Crippen LogP contribution in [0.3, 0.4) is 0 Å². The van der Waals surface area contributed by atoms with Crippen LogP contribution >= 0.6 is 0 Å². The molecule has 2 atom stereocenters. The predicted molar refractivity (Wildman–Crippen MR) is 119 cm³/mol. The van der Waals surface area contributed by atoms with Gasteiger partial charge in [0.25, 0.3) is 0 Å². The highest BCUT2D eigenvalue weighted by Crippen LogP contribution is 2.45. The number of benzene rings is 3. The zero-order valence-corrected chi connectivity index (χ0v) is 18.5. The van der Waals surface area contributed by atoms with E-state index in [1.54, 1.807) is 54.8 Å². The Morgan fingerprint density at radius 1 is 0.912 bits per heavy atom. The Kier molecular flexibility index (Phi) is 6.28. The second-order valence-corrected chi connectivity index (χ2v) is 9.12. The van der Waals surface area contributed by atoms with Crippen molar-refractivity contribution in [2.24, 2.45) is 5.10 Å². The normalized spacial score (nSPS) is 17.6. The quantitative estimate of drug-likeness (QED) is 0.367. The summed E-state index contributed by atoms with van der Waals surface area (Å²) in [5.74, 6) is -5.95. The van der Waals surface area contributed by atoms with Crippen molar-refractivity contribution in [1.29, 1.82) is 0 Å². The maximum Gasteiger partial charge on any atom is 0.459 e. The molecule has 0 saturated carbocycles. The molecule has 0 fully saturated rings. The first-order chi connectivity index (χ1) is 16.0. The van der Waals surface area contributed by atoms with E-state index < -0.39 is 46.9 Å². The maximum absolute atomic E-state index is 14.4. The van der Waals surface area contributed by atoms with E-state index in [4.69, 9.17) is 0 Å². The van der Waals surface area contributed by atoms with Gasteiger partial charge in [-0.25, -0.2) is 4.39 Å². The Bertz CT molecular complexity index is 1260. The summed E-state index contributed by atoms with van der Waals surface area (Å²) in [4.78, 5) is 0.621. The number of hydrazone groups is 1. The number of alkyl halides is 5. The van der Waals surface area contributed by atoms with E-state index in [1.165, 1.54) is 18.2 Å². The maximum atomic E-state index is 14.4. The summed E-state index contributed by atoms with van der Waals surface area (Å²) in [6, 6.07) is 17.6. The molecule has 3 aromatic carbocycles. The standard InChI is InChI=1S/C24H18F6N2OS/c1-34(33)18-6-4-5-17(13-18)15-9-11-16(12-10-15)21-14-22(23(26,27)24(28,29)30)31-32(21)20-8-3-2-7-19(20)25/h2-13,21H,14H2,1H3. The predicted octanol–water partition coefficient (Wildman–Crippen LogP) is 6.74. The molecular formula is C24H18F6N2OS. The van der Waals surface area contributed by atoms with Gasteiger partial charge in [-0.3, -0.25) is 9.22 Å². The minimum atomic E-state index is -5.82. The summed E-state index contributed by atoms with van der Waals surface area (Å²) in [5.41, 5.74) is 0.294. The lowest BCUT2D eigenvalue weighted by Gasteiger charge is -2.24. The SMILES string of the molecule is CS(=O)c1cccc(-c2ccc(C3CC(C(F)(F)C(F)(F)F)=NN3c3ccccc3F)cc2)c1. The molecule has 178 valence electrons. The fraction of sp³-hybridized carbons (Fsp3) is 0.208. The summed E-state index contributed by atoms with van der Waals surface area (Å²) in [6.45, 7) is 0. The van der Waals surface area contributed by atoms with Gasteiger partial charge in [-0.1, -0.05) is 48.5 Å². The number of halogens is 6. The largest absolute Gasteiger partial charge is 0.459 e. The van der Waals surface area contributed by atoms with Gasteiger partial charge in [0.2, 0.25) is 0 Å². The average Bonchev–Trinajstić information content (AvgIpc) is 3.25. The van der Waals surface area contributed by atoms with Gasteiger partial charge in [-0.2, -0.15) is 27.1 Å². The zero-order valence-electron chi connectivity index (χ0n) is 17.7. The number of hydrogen-bond acceptors (Lipinski definition) is 3. The van der Waals surface area contributed by atoms with Crippen molar-refractivity contribution in [3.8, 4) is 11.1 Å². The number of rotatable bonds is 5. The van der Waals surface area contributed by atoms with Crippen LogP contribution < -0.4 is 5.01 Å². The molecule has 0 amide bonds. The van der Waals surface area contributed by atoms with Crippen LogP contribution in [0.1, 0.15) is 18.0 Å². The summed E-state index contributed by atoms with van der Waals surface area (Å²) >= 11 is 0. The molecule has 1 aliphatic rings. The van der Waals surface area contributed by atoms with Gasteiger partial charge < -0.3 is 0 Å². The Hall–Kier alpha value is -3.14. The second kappa shape index (κ2) is 8.90. The van der Waals surface area contributed by atoms with Gasteiger partial charge in [0, 0.05) is 28.4 Å². The highest BCUT2D eigenvalue weighted by molar-refractivity contribution is 7.84. The fourth-order valence-corrected chi connectivity index (χ4v) is 4.30. The molecule has 0 bridgehead atoms. The summed E-state index contributed by atoms with van der Waals surface area (Å²) in [7, 11) is -1.19. The topological polar surface area (TPSA) is 32.7 Å². The lowest BCUT2D eigenvalue weighted by Crippen LogP contribution is -2.43. The molecule has 10 heteroatoms. The lowest BCUT2D eigenvalue weighted by atomic mass is 9.96. The molecule has 0 aliphatic carbocycles. The van der Waals surface area contributed by atoms with E-state index in [0.29, 0.717) is 10.5 Å². The molecule has 0 aromatic heterocycles. The Balaban J connectivity index is 1.71. The van der Waals surface area contributed by atoms with Crippen LogP contribution in [-0.2, 0) is 10.8 Å². The molecule has 4 rings (SSSR count). The molecule has 34 heavy (non-hydrogen) atoms. The van der Waals surface area contributed by atoms with Crippen molar-refractivity contribution in [2.45, 2.75) is 29.5 Å². The van der Waals surface area contributed by atoms with Crippen LogP contribution in [0.25, 0.3) is 11.1 Å². The van der Waals surface area contributed by atoms with Crippen molar-refractivity contribution in [3.63, 3.8) is 0 Å². The van der Waals surface area contributed by atoms with E-state index in [1.807, 2.05) is 0 Å². The first-order valence-electron chi connectivity index (χ1n) is 10.1. The third-order valence-corrected chi connectivity index (χ3v) is 6.44. The van der Waals surface area contributed by atoms with Gasteiger partial charge in [-0.15, -0.1) is 0 Å². The van der Waals surface area contributed by atoms with Gasteiger partial charge in [0.1, 0.15) is 11.5 Å². The highest BCUT2D eigenvalue weighted by atomic mass is 32.2. The first-order valence-corrected chi connectivity index (χ1v) is 11.6. The van der Waals surface area contributed by atoms with Gasteiger partial charge in [-0.05, 0) is 41.0 Å². The van der Waals surface area contributed by atoms with Gasteiger partial charge >= 0.3 is 12.1 Å². The van der Waals surface area contributed by atoms with E-state index in [0.717, 1.165) is 22.2 Å². The summed E-state index contributed by atoms with van der Waals surface area (Å²) < 4.78 is 93.4. The Morgan fingerprint density at radius 3 is 2.21 bits per heavy atom. The van der Waals surface area contributed by atoms with E-state index in [-0.39, 0.29) is 5.69 Å². The van der Waals surface area contributed by atoms with E-state index in [2.05, 4.69) is 5.10 Å². The summed E-state index contributed by atoms with van der Waals surface area (Å²) in [5, 5.41) is 4.41. The monoisotopic (exact) mass is 496 g/mol. The number of anilines is 1. The van der Waals surface area contributed by atoms with Crippen LogP contribution in [0.5, 0.6) is 0 Å². The highest BCUT2D eigenvalue weighted by Gasteiger charge is 2.62. The molecule has 2 unspecified atom stereocenters. The molecule has 3 nitrogen and oxygen atoms in total. The molecule has 1 heterocycles. The molecule has 0 spiro atoms. The van der Waals surface area contributed by atoms with Crippen LogP contribution in [0.15, 0.2) is 82.8 Å². The van der Waals surface area contributed by atoms with Crippen LogP contribution in [0.2, 0.25) is 0 Å². The number of nitrogens with zero attached hydrogens (tertiary/aromatic N) is 2. The van der Waals surface area contributed by atoms with Crippen molar-refractivity contribution < 1.29 is 30.6 Å². The minimum absolute atomic E-state index is 0.206. The van der Waals surface area contributed by atoms with E-state index in [9.17, 15) is 30.6 Å². The molecule has 0 saturated heterocycles. The van der Waals surface area contributed by atoms with Crippen LogP contribution in [0.4, 0.5) is 32.0 Å². The van der Waals surface area contributed by atoms with E-state index >= 15 is 0 Å². The average molecular weight is 496 g/mol. The fourth-order valence-electron chi connectivity index (χ4n) is 3.74. The van der Waals surface area contributed by atoms with Gasteiger partial charge in [0.05, 0.1) is 11.7 Å². The van der Waals surface area contributed by atoms with Gasteiger partial charge in [0.15, 0.2) is 0 Å². The Morgan fingerprint density at radius 2 is 1.59 bits per heavy atom. The molecule has 1 aliphatic heterocycles. The molecule has 0 radical (unpaired) electrons. The van der Waals surface area contributed by atoms with Crippen LogP contribution in [-0.4, -0.2) is 28.3 Å². The molecule has 3 aromatic rings. The van der Waals surface area contributed by atoms with Crippen molar-refractivity contribution >= 4 is 22.2 Å². The smallest absolute Gasteiger partial charge is 0.255 e. The van der Waals surface area contributed by atoms with Crippen molar-refractivity contribution in [1.82, 2.24) is 0 Å².